The number of hydrogen-bond acceptors (Lipinski definition) is 2. The van der Waals surface area contributed by atoms with Gasteiger partial charge in [-0.3, -0.25) is 4.98 Å². The van der Waals surface area contributed by atoms with Crippen LogP contribution in [-0.4, -0.2) is 15.6 Å². The van der Waals surface area contributed by atoms with E-state index in [1.807, 2.05) is 12.1 Å². The minimum absolute atomic E-state index is 0. The molecule has 111 valence electrons. The van der Waals surface area contributed by atoms with E-state index in [0.717, 1.165) is 16.1 Å². The van der Waals surface area contributed by atoms with Crippen molar-refractivity contribution in [2.45, 2.75) is 5.03 Å². The normalized spacial score (nSPS) is 10.0. The van der Waals surface area contributed by atoms with Crippen molar-refractivity contribution in [3.8, 4) is 0 Å². The van der Waals surface area contributed by atoms with Gasteiger partial charge in [0.2, 0.25) is 0 Å². The zero-order valence-electron chi connectivity index (χ0n) is 12.3. The summed E-state index contributed by atoms with van der Waals surface area (Å²) in [5, 5.41) is 4.58. The molecular weight excluding hydrogens is 548 g/mol. The van der Waals surface area contributed by atoms with E-state index in [4.69, 9.17) is 4.98 Å². The van der Waals surface area contributed by atoms with E-state index in [2.05, 4.69) is 53.3 Å². The maximum absolute atomic E-state index is 4.70. The van der Waals surface area contributed by atoms with Crippen LogP contribution in [0.15, 0.2) is 53.7 Å². The van der Waals surface area contributed by atoms with Crippen LogP contribution in [0.25, 0.3) is 27.3 Å². The quantitative estimate of drug-likeness (QED) is 0.192. The van der Waals surface area contributed by atoms with Gasteiger partial charge in [0.05, 0.1) is 5.65 Å². The number of hydrogen-bond donors (Lipinski definition) is 0. The molecule has 0 atom stereocenters. The first kappa shape index (κ1) is 19.8. The Balaban J connectivity index is 0.000000807. The average Bonchev–Trinajstić information content (AvgIpc) is 2.92. The summed E-state index contributed by atoms with van der Waals surface area (Å²) in [6.07, 6.45) is 4.15. The standard InChI is InChI=1S/C16H11N2S.CH3.Pt.Y/c1-19-15-10-18-14-9-5-4-7-12(14)11-6-2-3-8-13(11)16(18)17-15;;;/h2-7,9-10H,1H3;1H3;;/q2*-1;+2;. The largest absolute Gasteiger partial charge is 2.00 e. The molecule has 0 saturated carbocycles. The first-order chi connectivity index (χ1) is 9.38. The van der Waals surface area contributed by atoms with Crippen molar-refractivity contribution in [2.75, 3.05) is 6.26 Å². The fraction of sp³-hybridized carbons (Fsp3) is 0.0588. The summed E-state index contributed by atoms with van der Waals surface area (Å²) < 4.78 is 2.17. The number of pyridine rings is 1. The molecule has 2 nitrogen and oxygen atoms in total. The van der Waals surface area contributed by atoms with Gasteiger partial charge in [-0.25, -0.2) is 0 Å². The van der Waals surface area contributed by atoms with Gasteiger partial charge in [-0.1, -0.05) is 23.6 Å². The number of thioether (sulfide) groups is 1. The van der Waals surface area contributed by atoms with E-state index in [0.29, 0.717) is 0 Å². The summed E-state index contributed by atoms with van der Waals surface area (Å²) in [5.41, 5.74) is 2.18. The SMILES string of the molecule is CSc1cn2c3ccccc3c3ccc[c-]c3c2n1.[CH3-].[Pt+2].[Y]. The minimum atomic E-state index is 0. The Morgan fingerprint density at radius 1 is 1.09 bits per heavy atom. The molecule has 0 unspecified atom stereocenters. The Labute approximate surface area is 174 Å². The van der Waals surface area contributed by atoms with E-state index >= 15 is 0 Å². The Morgan fingerprint density at radius 2 is 1.82 bits per heavy atom. The van der Waals surface area contributed by atoms with Crippen LogP contribution in [0, 0.1) is 13.5 Å². The van der Waals surface area contributed by atoms with Crippen LogP contribution < -0.4 is 0 Å². The summed E-state index contributed by atoms with van der Waals surface area (Å²) in [5.74, 6) is 0. The molecule has 0 saturated heterocycles. The molecule has 0 aliphatic rings. The molecule has 0 bridgehead atoms. The second-order valence-electron chi connectivity index (χ2n) is 4.45. The zero-order valence-corrected chi connectivity index (χ0v) is 18.2. The van der Waals surface area contributed by atoms with Crippen molar-refractivity contribution < 1.29 is 53.8 Å². The Bertz CT molecular complexity index is 848. The van der Waals surface area contributed by atoms with Crippen molar-refractivity contribution in [3.05, 3.63) is 62.2 Å². The third-order valence-electron chi connectivity index (χ3n) is 3.43. The van der Waals surface area contributed by atoms with Crippen LogP contribution in [0.5, 0.6) is 0 Å². The van der Waals surface area contributed by atoms with Crippen LogP contribution in [0.4, 0.5) is 0 Å². The number of nitrogens with zero attached hydrogens (tertiary/aromatic N) is 2. The smallest absolute Gasteiger partial charge is 0.358 e. The third kappa shape index (κ3) is 3.06. The van der Waals surface area contributed by atoms with Crippen LogP contribution in [0.2, 0.25) is 0 Å². The molecule has 0 spiro atoms. The first-order valence-corrected chi connectivity index (χ1v) is 7.35. The Kier molecular flexibility index (Phi) is 7.27. The predicted octanol–water partition coefficient (Wildman–Crippen LogP) is 4.61. The van der Waals surface area contributed by atoms with Crippen LogP contribution in [0.3, 0.4) is 0 Å². The van der Waals surface area contributed by atoms with E-state index in [1.54, 1.807) is 11.8 Å². The van der Waals surface area contributed by atoms with E-state index in [-0.39, 0.29) is 61.2 Å². The van der Waals surface area contributed by atoms with Gasteiger partial charge in [0.25, 0.3) is 0 Å². The summed E-state index contributed by atoms with van der Waals surface area (Å²) in [6.45, 7) is 0. The molecule has 0 amide bonds. The van der Waals surface area contributed by atoms with E-state index in [9.17, 15) is 0 Å². The van der Waals surface area contributed by atoms with E-state index in [1.165, 1.54) is 16.3 Å². The summed E-state index contributed by atoms with van der Waals surface area (Å²) >= 11 is 1.67. The molecule has 4 rings (SSSR count). The topological polar surface area (TPSA) is 17.3 Å². The summed E-state index contributed by atoms with van der Waals surface area (Å²) in [4.78, 5) is 4.70. The van der Waals surface area contributed by atoms with Crippen molar-refractivity contribution in [2.24, 2.45) is 0 Å². The number of imidazole rings is 1. The summed E-state index contributed by atoms with van der Waals surface area (Å²) in [7, 11) is 0. The van der Waals surface area contributed by atoms with Gasteiger partial charge in [0.1, 0.15) is 5.03 Å². The Hall–Kier alpha value is -0.208. The molecule has 22 heavy (non-hydrogen) atoms. The molecule has 4 aromatic rings. The van der Waals surface area contributed by atoms with E-state index < -0.39 is 0 Å². The van der Waals surface area contributed by atoms with Crippen molar-refractivity contribution in [1.82, 2.24) is 9.38 Å². The van der Waals surface area contributed by atoms with Gasteiger partial charge < -0.3 is 11.8 Å². The molecule has 2 aromatic heterocycles. The number of benzene rings is 2. The average molecular weight is 562 g/mol. The summed E-state index contributed by atoms with van der Waals surface area (Å²) in [6, 6.07) is 17.9. The number of para-hydroxylation sites is 1. The second-order valence-corrected chi connectivity index (χ2v) is 5.28. The zero-order chi connectivity index (χ0) is 12.8. The Morgan fingerprint density at radius 3 is 2.59 bits per heavy atom. The van der Waals surface area contributed by atoms with Crippen molar-refractivity contribution in [3.63, 3.8) is 0 Å². The number of aromatic nitrogens is 2. The third-order valence-corrected chi connectivity index (χ3v) is 4.04. The maximum atomic E-state index is 4.70. The minimum Gasteiger partial charge on any atom is -0.358 e. The number of rotatable bonds is 1. The maximum Gasteiger partial charge on any atom is 2.00 e. The molecule has 0 N–H and O–H groups in total. The second kappa shape index (κ2) is 8.06. The van der Waals surface area contributed by atoms with Gasteiger partial charge in [-0.15, -0.1) is 41.4 Å². The van der Waals surface area contributed by atoms with Crippen LogP contribution in [0.1, 0.15) is 0 Å². The first-order valence-electron chi connectivity index (χ1n) is 6.13. The predicted molar refractivity (Wildman–Crippen MR) is 87.2 cm³/mol. The van der Waals surface area contributed by atoms with Gasteiger partial charge in [0.15, 0.2) is 0 Å². The molecule has 5 heteroatoms. The molecule has 0 fully saturated rings. The molecule has 0 aliphatic heterocycles. The van der Waals surface area contributed by atoms with Crippen molar-refractivity contribution >= 4 is 39.1 Å². The van der Waals surface area contributed by atoms with Crippen molar-refractivity contribution in [1.29, 1.82) is 0 Å². The van der Waals surface area contributed by atoms with Crippen LogP contribution in [-0.2, 0) is 53.8 Å². The van der Waals surface area contributed by atoms with Gasteiger partial charge in [-0.05, 0) is 17.7 Å². The molecule has 0 aliphatic carbocycles. The number of fused-ring (bicyclic) bond motifs is 6. The van der Waals surface area contributed by atoms with Gasteiger partial charge in [-0.2, -0.15) is 0 Å². The molecular formula is C17H14N2PtSY. The van der Waals surface area contributed by atoms with Crippen LogP contribution >= 0.6 is 11.8 Å². The fourth-order valence-electron chi connectivity index (χ4n) is 2.57. The molecule has 2 aromatic carbocycles. The molecule has 1 radical (unpaired) electrons. The van der Waals surface area contributed by atoms with Gasteiger partial charge in [0, 0.05) is 44.4 Å². The fourth-order valence-corrected chi connectivity index (χ4v) is 2.96. The molecule has 2 heterocycles. The monoisotopic (exact) mass is 562 g/mol. The van der Waals surface area contributed by atoms with Gasteiger partial charge >= 0.3 is 21.1 Å².